The van der Waals surface area contributed by atoms with Crippen molar-refractivity contribution in [2.45, 2.75) is 45.1 Å². The van der Waals surface area contributed by atoms with Crippen LogP contribution in [0.1, 0.15) is 54.3 Å². The zero-order valence-electron chi connectivity index (χ0n) is 16.4. The minimum absolute atomic E-state index is 0.155. The fraction of sp³-hybridized carbons (Fsp3) is 0.478. The van der Waals surface area contributed by atoms with Gasteiger partial charge < -0.3 is 9.64 Å². The number of pyridine rings is 1. The minimum Gasteiger partial charge on any atom is -0.368 e. The molecule has 4 nitrogen and oxygen atoms in total. The Hall–Kier alpha value is -1.91. The molecule has 1 aliphatic carbocycles. The van der Waals surface area contributed by atoms with Crippen LogP contribution in [0.4, 0.5) is 0 Å². The van der Waals surface area contributed by atoms with Crippen molar-refractivity contribution in [3.63, 3.8) is 0 Å². The zero-order valence-corrected chi connectivity index (χ0v) is 17.1. The second kappa shape index (κ2) is 8.62. The molecule has 0 N–H and O–H groups in total. The van der Waals surface area contributed by atoms with E-state index in [9.17, 15) is 4.79 Å². The Morgan fingerprint density at radius 3 is 2.82 bits per heavy atom. The highest BCUT2D eigenvalue weighted by Crippen LogP contribution is 2.29. The molecule has 2 fully saturated rings. The van der Waals surface area contributed by atoms with Crippen molar-refractivity contribution in [1.82, 2.24) is 9.88 Å². The quantitative estimate of drug-likeness (QED) is 0.748. The van der Waals surface area contributed by atoms with Gasteiger partial charge in [0.05, 0.1) is 18.8 Å². The maximum Gasteiger partial charge on any atom is 0.225 e. The Balaban J connectivity index is 1.50. The van der Waals surface area contributed by atoms with Crippen LogP contribution in [0.3, 0.4) is 0 Å². The topological polar surface area (TPSA) is 42.4 Å². The summed E-state index contributed by atoms with van der Waals surface area (Å²) in [4.78, 5) is 19.5. The largest absolute Gasteiger partial charge is 0.368 e. The van der Waals surface area contributed by atoms with E-state index >= 15 is 0 Å². The van der Waals surface area contributed by atoms with Gasteiger partial charge in [0.15, 0.2) is 0 Å². The predicted molar refractivity (Wildman–Crippen MR) is 110 cm³/mol. The second-order valence-electron chi connectivity index (χ2n) is 7.97. The lowest BCUT2D eigenvalue weighted by molar-refractivity contribution is -0.143. The highest BCUT2D eigenvalue weighted by molar-refractivity contribution is 6.30. The summed E-state index contributed by atoms with van der Waals surface area (Å²) in [6, 6.07) is 12.2. The summed E-state index contributed by atoms with van der Waals surface area (Å²) in [7, 11) is 0. The molecule has 1 aromatic carbocycles. The molecule has 2 aliphatic rings. The van der Waals surface area contributed by atoms with E-state index in [0.29, 0.717) is 25.6 Å². The highest BCUT2D eigenvalue weighted by atomic mass is 35.5. The number of nitrogens with zero attached hydrogens (tertiary/aromatic N) is 2. The van der Waals surface area contributed by atoms with Crippen LogP contribution < -0.4 is 0 Å². The number of morpholine rings is 1. The number of rotatable bonds is 4. The average molecular weight is 399 g/mol. The van der Waals surface area contributed by atoms with Crippen LogP contribution in [0.25, 0.3) is 0 Å². The van der Waals surface area contributed by atoms with E-state index in [4.69, 9.17) is 21.3 Å². The third-order valence-electron chi connectivity index (χ3n) is 5.74. The summed E-state index contributed by atoms with van der Waals surface area (Å²) in [6.07, 6.45) is 5.07. The Bertz CT molecular complexity index is 848. The molecule has 1 aliphatic heterocycles. The Morgan fingerprint density at radius 1 is 1.21 bits per heavy atom. The SMILES string of the molecule is Cc1cc(Cc2cccc(Cl)c2)cc(C2CN(C(=O)C3CCCC3)CCO2)n1. The number of benzene rings is 1. The Kier molecular flexibility index (Phi) is 5.98. The predicted octanol–water partition coefficient (Wildman–Crippen LogP) is 4.72. The van der Waals surface area contributed by atoms with Crippen LogP contribution in [0.2, 0.25) is 5.02 Å². The molecular weight excluding hydrogens is 372 g/mol. The molecule has 1 saturated heterocycles. The van der Waals surface area contributed by atoms with E-state index in [0.717, 1.165) is 35.7 Å². The molecule has 0 radical (unpaired) electrons. The summed E-state index contributed by atoms with van der Waals surface area (Å²) in [6.45, 7) is 3.87. The molecule has 1 aromatic heterocycles. The van der Waals surface area contributed by atoms with Gasteiger partial charge in [-0.1, -0.05) is 36.6 Å². The van der Waals surface area contributed by atoms with E-state index in [1.165, 1.54) is 24.0 Å². The number of hydrogen-bond donors (Lipinski definition) is 0. The van der Waals surface area contributed by atoms with Crippen LogP contribution in [-0.4, -0.2) is 35.5 Å². The lowest BCUT2D eigenvalue weighted by Crippen LogP contribution is -2.44. The lowest BCUT2D eigenvalue weighted by atomic mass is 10.0. The first-order chi connectivity index (χ1) is 13.6. The number of aromatic nitrogens is 1. The van der Waals surface area contributed by atoms with Gasteiger partial charge in [0.2, 0.25) is 5.91 Å². The lowest BCUT2D eigenvalue weighted by Gasteiger charge is -2.34. The van der Waals surface area contributed by atoms with Crippen LogP contribution >= 0.6 is 11.6 Å². The van der Waals surface area contributed by atoms with Gasteiger partial charge >= 0.3 is 0 Å². The van der Waals surface area contributed by atoms with E-state index in [1.807, 2.05) is 30.0 Å². The molecule has 28 heavy (non-hydrogen) atoms. The van der Waals surface area contributed by atoms with Gasteiger partial charge in [-0.05, 0) is 61.6 Å². The van der Waals surface area contributed by atoms with Crippen molar-refractivity contribution in [2.75, 3.05) is 19.7 Å². The molecule has 0 spiro atoms. The molecule has 1 saturated carbocycles. The molecule has 2 heterocycles. The standard InChI is InChI=1S/C23H27ClN2O2/c1-16-11-18(12-17-5-4-8-20(24)13-17)14-21(25-16)22-15-26(9-10-28-22)23(27)19-6-2-3-7-19/h4-5,8,11,13-14,19,22H,2-3,6-7,9-10,12,15H2,1H3. The number of halogens is 1. The van der Waals surface area contributed by atoms with E-state index < -0.39 is 0 Å². The van der Waals surface area contributed by atoms with Gasteiger partial charge in [-0.15, -0.1) is 0 Å². The first kappa shape index (κ1) is 19.4. The molecule has 4 rings (SSSR count). The van der Waals surface area contributed by atoms with Crippen molar-refractivity contribution >= 4 is 17.5 Å². The number of carbonyl (C=O) groups is 1. The summed E-state index contributed by atoms with van der Waals surface area (Å²) < 4.78 is 6.01. The van der Waals surface area contributed by atoms with Crippen LogP contribution in [0, 0.1) is 12.8 Å². The summed E-state index contributed by atoms with van der Waals surface area (Å²) in [5.74, 6) is 0.514. The number of amides is 1. The maximum atomic E-state index is 12.8. The fourth-order valence-corrected chi connectivity index (χ4v) is 4.59. The Morgan fingerprint density at radius 2 is 2.04 bits per heavy atom. The van der Waals surface area contributed by atoms with E-state index in [2.05, 4.69) is 18.2 Å². The monoisotopic (exact) mass is 398 g/mol. The molecule has 0 bridgehead atoms. The third-order valence-corrected chi connectivity index (χ3v) is 5.98. The third kappa shape index (κ3) is 4.56. The average Bonchev–Trinajstić information content (AvgIpc) is 3.22. The van der Waals surface area contributed by atoms with Crippen molar-refractivity contribution in [2.24, 2.45) is 5.92 Å². The smallest absolute Gasteiger partial charge is 0.225 e. The van der Waals surface area contributed by atoms with Gasteiger partial charge in [-0.3, -0.25) is 9.78 Å². The Labute approximate surface area is 171 Å². The number of ether oxygens (including phenoxy) is 1. The number of aryl methyl sites for hydroxylation is 1. The second-order valence-corrected chi connectivity index (χ2v) is 8.41. The van der Waals surface area contributed by atoms with Crippen molar-refractivity contribution in [3.8, 4) is 0 Å². The van der Waals surface area contributed by atoms with Gasteiger partial charge in [0.25, 0.3) is 0 Å². The maximum absolute atomic E-state index is 12.8. The number of carbonyl (C=O) groups excluding carboxylic acids is 1. The molecular formula is C23H27ClN2O2. The van der Waals surface area contributed by atoms with Crippen molar-refractivity contribution < 1.29 is 9.53 Å². The van der Waals surface area contributed by atoms with Gasteiger partial charge in [0.1, 0.15) is 6.10 Å². The summed E-state index contributed by atoms with van der Waals surface area (Å²) in [5, 5.41) is 0.750. The highest BCUT2D eigenvalue weighted by Gasteiger charge is 2.32. The molecule has 1 unspecified atom stereocenters. The van der Waals surface area contributed by atoms with Gasteiger partial charge in [0, 0.05) is 23.2 Å². The van der Waals surface area contributed by atoms with Crippen molar-refractivity contribution in [3.05, 3.63) is 63.9 Å². The normalized spacial score (nSPS) is 20.5. The molecule has 148 valence electrons. The molecule has 1 atom stereocenters. The summed E-state index contributed by atoms with van der Waals surface area (Å²) >= 11 is 6.13. The van der Waals surface area contributed by atoms with Crippen LogP contribution in [0.15, 0.2) is 36.4 Å². The first-order valence-corrected chi connectivity index (χ1v) is 10.6. The summed E-state index contributed by atoms with van der Waals surface area (Å²) in [5.41, 5.74) is 4.25. The van der Waals surface area contributed by atoms with Crippen LogP contribution in [0.5, 0.6) is 0 Å². The van der Waals surface area contributed by atoms with E-state index in [-0.39, 0.29) is 12.0 Å². The first-order valence-electron chi connectivity index (χ1n) is 10.2. The van der Waals surface area contributed by atoms with E-state index in [1.54, 1.807) is 0 Å². The van der Waals surface area contributed by atoms with Gasteiger partial charge in [-0.25, -0.2) is 0 Å². The fourth-order valence-electron chi connectivity index (χ4n) is 4.38. The van der Waals surface area contributed by atoms with Crippen LogP contribution in [-0.2, 0) is 16.0 Å². The zero-order chi connectivity index (χ0) is 19.5. The van der Waals surface area contributed by atoms with Gasteiger partial charge in [-0.2, -0.15) is 0 Å². The number of hydrogen-bond acceptors (Lipinski definition) is 3. The molecule has 5 heteroatoms. The van der Waals surface area contributed by atoms with Crippen molar-refractivity contribution in [1.29, 1.82) is 0 Å². The molecule has 1 amide bonds. The minimum atomic E-state index is -0.155. The molecule has 2 aromatic rings.